The molecule has 1 aliphatic rings. The molecular formula is C17H25N5O2S. The molecule has 0 aliphatic heterocycles. The van der Waals surface area contributed by atoms with E-state index in [2.05, 4.69) is 34.7 Å². The maximum absolute atomic E-state index is 12.6. The molecule has 0 spiro atoms. The lowest BCUT2D eigenvalue weighted by molar-refractivity contribution is -0.121. The van der Waals surface area contributed by atoms with E-state index in [1.165, 1.54) is 24.6 Å². The average Bonchev–Trinajstić information content (AvgIpc) is 3.25. The Morgan fingerprint density at radius 1 is 1.48 bits per heavy atom. The molecule has 0 radical (unpaired) electrons. The van der Waals surface area contributed by atoms with Crippen molar-refractivity contribution in [2.24, 2.45) is 11.8 Å². The van der Waals surface area contributed by atoms with Crippen LogP contribution in [0.15, 0.2) is 28.0 Å². The smallest absolute Gasteiger partial charge is 0.233 e. The quantitative estimate of drug-likeness (QED) is 0.794. The Hall–Kier alpha value is -1.83. The molecule has 0 aromatic carbocycles. The Morgan fingerprint density at radius 2 is 2.32 bits per heavy atom. The van der Waals surface area contributed by atoms with Crippen molar-refractivity contribution in [1.82, 2.24) is 25.5 Å². The van der Waals surface area contributed by atoms with E-state index in [1.807, 2.05) is 19.1 Å². The SMILES string of the molecule is CC(Sc1nnnn1Cc1ccco1)C(=O)NC1CCCC(C)C1C. The van der Waals surface area contributed by atoms with Crippen LogP contribution in [0.25, 0.3) is 0 Å². The molecule has 8 heteroatoms. The average molecular weight is 363 g/mol. The highest BCUT2D eigenvalue weighted by Gasteiger charge is 2.30. The number of carbonyl (C=O) groups is 1. The number of tetrazole rings is 1. The first-order chi connectivity index (χ1) is 12.0. The molecule has 4 unspecified atom stereocenters. The normalized spacial score (nSPS) is 24.8. The van der Waals surface area contributed by atoms with Gasteiger partial charge in [-0.05, 0) is 47.7 Å². The lowest BCUT2D eigenvalue weighted by Crippen LogP contribution is -2.46. The summed E-state index contributed by atoms with van der Waals surface area (Å²) in [6.07, 6.45) is 5.11. The van der Waals surface area contributed by atoms with Gasteiger partial charge in [0.15, 0.2) is 0 Å². The summed E-state index contributed by atoms with van der Waals surface area (Å²) in [5.41, 5.74) is 0. The number of aromatic nitrogens is 4. The number of rotatable bonds is 6. The number of hydrogen-bond donors (Lipinski definition) is 1. The number of nitrogens with zero attached hydrogens (tertiary/aromatic N) is 4. The van der Waals surface area contributed by atoms with E-state index in [0.717, 1.165) is 12.2 Å². The van der Waals surface area contributed by atoms with Crippen molar-refractivity contribution in [2.75, 3.05) is 0 Å². The largest absolute Gasteiger partial charge is 0.467 e. The second-order valence-electron chi connectivity index (χ2n) is 6.84. The van der Waals surface area contributed by atoms with E-state index >= 15 is 0 Å². The maximum Gasteiger partial charge on any atom is 0.233 e. The second-order valence-corrected chi connectivity index (χ2v) is 8.15. The first-order valence-electron chi connectivity index (χ1n) is 8.80. The molecule has 1 amide bonds. The number of furan rings is 1. The predicted octanol–water partition coefficient (Wildman–Crippen LogP) is 2.74. The highest BCUT2D eigenvalue weighted by molar-refractivity contribution is 8.00. The fourth-order valence-corrected chi connectivity index (χ4v) is 4.03. The number of amides is 1. The van der Waals surface area contributed by atoms with E-state index in [-0.39, 0.29) is 17.2 Å². The van der Waals surface area contributed by atoms with Crippen LogP contribution in [0, 0.1) is 11.8 Å². The fraction of sp³-hybridized carbons (Fsp3) is 0.647. The standard InChI is InChI=1S/C17H25N5O2S/c1-11-6-4-8-15(12(11)2)18-16(23)13(3)25-17-19-20-21-22(17)10-14-7-5-9-24-14/h5,7,9,11-13,15H,4,6,8,10H2,1-3H3,(H,18,23). The van der Waals surface area contributed by atoms with Crippen molar-refractivity contribution >= 4 is 17.7 Å². The summed E-state index contributed by atoms with van der Waals surface area (Å²) in [4.78, 5) is 12.6. The molecule has 1 saturated carbocycles. The van der Waals surface area contributed by atoms with Crippen LogP contribution < -0.4 is 5.32 Å². The van der Waals surface area contributed by atoms with E-state index in [1.54, 1.807) is 10.9 Å². The van der Waals surface area contributed by atoms with Gasteiger partial charge >= 0.3 is 0 Å². The minimum Gasteiger partial charge on any atom is -0.467 e. The van der Waals surface area contributed by atoms with Crippen LogP contribution in [0.4, 0.5) is 0 Å². The molecule has 7 nitrogen and oxygen atoms in total. The number of thioether (sulfide) groups is 1. The van der Waals surface area contributed by atoms with Gasteiger partial charge in [-0.1, -0.05) is 38.5 Å². The third-order valence-electron chi connectivity index (χ3n) is 5.07. The third kappa shape index (κ3) is 4.42. The number of hydrogen-bond acceptors (Lipinski definition) is 6. The lowest BCUT2D eigenvalue weighted by atomic mass is 9.78. The highest BCUT2D eigenvalue weighted by atomic mass is 32.2. The summed E-state index contributed by atoms with van der Waals surface area (Å²) in [6, 6.07) is 3.96. The van der Waals surface area contributed by atoms with Crippen molar-refractivity contribution in [3.63, 3.8) is 0 Å². The number of nitrogens with one attached hydrogen (secondary N) is 1. The minimum absolute atomic E-state index is 0.0449. The summed E-state index contributed by atoms with van der Waals surface area (Å²) in [7, 11) is 0. The van der Waals surface area contributed by atoms with Crippen LogP contribution in [0.2, 0.25) is 0 Å². The van der Waals surface area contributed by atoms with Gasteiger partial charge in [0.1, 0.15) is 12.3 Å². The van der Waals surface area contributed by atoms with Crippen LogP contribution in [0.5, 0.6) is 0 Å². The zero-order valence-electron chi connectivity index (χ0n) is 14.9. The van der Waals surface area contributed by atoms with Gasteiger partial charge in [-0.25, -0.2) is 4.68 Å². The molecule has 136 valence electrons. The molecule has 2 heterocycles. The van der Waals surface area contributed by atoms with Crippen molar-refractivity contribution in [3.8, 4) is 0 Å². The van der Waals surface area contributed by atoms with Crippen LogP contribution in [-0.2, 0) is 11.3 Å². The Balaban J connectivity index is 1.57. The van der Waals surface area contributed by atoms with E-state index in [9.17, 15) is 4.79 Å². The summed E-state index contributed by atoms with van der Waals surface area (Å²) in [5.74, 6) is 1.99. The first kappa shape index (κ1) is 18.0. The van der Waals surface area contributed by atoms with Crippen molar-refractivity contribution < 1.29 is 9.21 Å². The molecule has 0 bridgehead atoms. The minimum atomic E-state index is -0.259. The number of carbonyl (C=O) groups excluding carboxylic acids is 1. The van der Waals surface area contributed by atoms with Crippen LogP contribution in [0.1, 0.15) is 45.8 Å². The summed E-state index contributed by atoms with van der Waals surface area (Å²) in [6.45, 7) is 6.84. The zero-order chi connectivity index (χ0) is 17.8. The van der Waals surface area contributed by atoms with Gasteiger partial charge in [0.2, 0.25) is 11.1 Å². The maximum atomic E-state index is 12.6. The summed E-state index contributed by atoms with van der Waals surface area (Å²) in [5, 5.41) is 15.3. The summed E-state index contributed by atoms with van der Waals surface area (Å²) < 4.78 is 6.98. The molecular weight excluding hydrogens is 338 g/mol. The van der Waals surface area contributed by atoms with Crippen molar-refractivity contribution in [2.45, 2.75) is 63.0 Å². The van der Waals surface area contributed by atoms with Gasteiger partial charge in [-0.15, -0.1) is 5.10 Å². The summed E-state index contributed by atoms with van der Waals surface area (Å²) >= 11 is 1.37. The molecule has 0 saturated heterocycles. The molecule has 1 aliphatic carbocycles. The van der Waals surface area contributed by atoms with Crippen molar-refractivity contribution in [1.29, 1.82) is 0 Å². The molecule has 2 aromatic heterocycles. The Bertz CT molecular complexity index is 687. The molecule has 3 rings (SSSR count). The van der Waals surface area contributed by atoms with Crippen molar-refractivity contribution in [3.05, 3.63) is 24.2 Å². The predicted molar refractivity (Wildman–Crippen MR) is 95.1 cm³/mol. The third-order valence-corrected chi connectivity index (χ3v) is 6.14. The van der Waals surface area contributed by atoms with Gasteiger partial charge in [0.25, 0.3) is 0 Å². The fourth-order valence-electron chi connectivity index (χ4n) is 3.23. The monoisotopic (exact) mass is 363 g/mol. The van der Waals surface area contributed by atoms with E-state index < -0.39 is 0 Å². The Kier molecular flexibility index (Phi) is 5.78. The zero-order valence-corrected chi connectivity index (χ0v) is 15.7. The van der Waals surface area contributed by atoms with Crippen LogP contribution in [0.3, 0.4) is 0 Å². The second kappa shape index (κ2) is 8.03. The van der Waals surface area contributed by atoms with E-state index in [4.69, 9.17) is 4.42 Å². The molecule has 2 aromatic rings. The van der Waals surface area contributed by atoms with Gasteiger partial charge in [0, 0.05) is 6.04 Å². The Labute approximate surface area is 151 Å². The van der Waals surface area contributed by atoms with Gasteiger partial charge in [-0.3, -0.25) is 4.79 Å². The van der Waals surface area contributed by atoms with Crippen LogP contribution >= 0.6 is 11.8 Å². The van der Waals surface area contributed by atoms with Gasteiger partial charge < -0.3 is 9.73 Å². The van der Waals surface area contributed by atoms with Crippen LogP contribution in [-0.4, -0.2) is 37.4 Å². The molecule has 1 N–H and O–H groups in total. The molecule has 1 fully saturated rings. The van der Waals surface area contributed by atoms with E-state index in [0.29, 0.717) is 23.5 Å². The topological polar surface area (TPSA) is 85.8 Å². The van der Waals surface area contributed by atoms with Gasteiger partial charge in [0.05, 0.1) is 11.5 Å². The highest BCUT2D eigenvalue weighted by Crippen LogP contribution is 2.30. The molecule has 25 heavy (non-hydrogen) atoms. The first-order valence-corrected chi connectivity index (χ1v) is 9.68. The molecule has 4 atom stereocenters. The Morgan fingerprint density at radius 3 is 3.08 bits per heavy atom. The van der Waals surface area contributed by atoms with Gasteiger partial charge in [-0.2, -0.15) is 0 Å². The lowest BCUT2D eigenvalue weighted by Gasteiger charge is -2.35.